The Labute approximate surface area is 123 Å². The topological polar surface area (TPSA) is 73.3 Å². The quantitative estimate of drug-likeness (QED) is 0.923. The fourth-order valence-electron chi connectivity index (χ4n) is 1.63. The van der Waals surface area contributed by atoms with E-state index in [1.807, 2.05) is 0 Å². The number of aromatic nitrogens is 2. The Morgan fingerprint density at radius 1 is 1.15 bits per heavy atom. The number of rotatable bonds is 2. The van der Waals surface area contributed by atoms with Gasteiger partial charge < -0.3 is 14.8 Å². The summed E-state index contributed by atoms with van der Waals surface area (Å²) in [6, 6.07) is 3.17. The Bertz CT molecular complexity index is 676. The monoisotopic (exact) mass is 311 g/mol. The number of amides is 1. The van der Waals surface area contributed by atoms with Crippen LogP contribution in [0.25, 0.3) is 0 Å². The van der Waals surface area contributed by atoms with Gasteiger partial charge in [-0.3, -0.25) is 4.79 Å². The number of carbonyl (C=O) groups excluding carboxylic acids is 1. The molecule has 0 aliphatic carbocycles. The van der Waals surface area contributed by atoms with Crippen LogP contribution in [0.2, 0.25) is 10.2 Å². The Kier molecular flexibility index (Phi) is 3.33. The first-order valence-electron chi connectivity index (χ1n) is 5.51. The van der Waals surface area contributed by atoms with E-state index in [-0.39, 0.29) is 17.6 Å². The fraction of sp³-hybridized carbons (Fsp3) is 0.0833. The van der Waals surface area contributed by atoms with Gasteiger partial charge in [0.15, 0.2) is 11.5 Å². The van der Waals surface area contributed by atoms with Gasteiger partial charge in [0.1, 0.15) is 10.8 Å². The van der Waals surface area contributed by atoms with Gasteiger partial charge in [0.05, 0.1) is 23.1 Å². The van der Waals surface area contributed by atoms with Gasteiger partial charge >= 0.3 is 0 Å². The summed E-state index contributed by atoms with van der Waals surface area (Å²) < 4.78 is 10.4. The molecule has 0 bridgehead atoms. The van der Waals surface area contributed by atoms with E-state index in [2.05, 4.69) is 15.3 Å². The number of hydrogen-bond donors (Lipinski definition) is 1. The van der Waals surface area contributed by atoms with Crippen molar-refractivity contribution in [1.29, 1.82) is 0 Å². The second kappa shape index (κ2) is 5.15. The maximum absolute atomic E-state index is 12.0. The van der Waals surface area contributed by atoms with Crippen LogP contribution in [0.3, 0.4) is 0 Å². The van der Waals surface area contributed by atoms with Gasteiger partial charge in [-0.2, -0.15) is 0 Å². The third-order valence-corrected chi connectivity index (χ3v) is 3.07. The number of carbonyl (C=O) groups is 1. The predicted molar refractivity (Wildman–Crippen MR) is 72.6 cm³/mol. The van der Waals surface area contributed by atoms with Crippen LogP contribution >= 0.6 is 23.2 Å². The molecule has 102 valence electrons. The van der Waals surface area contributed by atoms with Gasteiger partial charge in [-0.15, -0.1) is 0 Å². The second-order valence-electron chi connectivity index (χ2n) is 3.86. The molecule has 1 amide bonds. The predicted octanol–water partition coefficient (Wildman–Crippen LogP) is 2.76. The number of fused-ring (bicyclic) bond motifs is 1. The molecule has 1 aliphatic rings. The highest BCUT2D eigenvalue weighted by Gasteiger charge is 2.18. The van der Waals surface area contributed by atoms with Crippen molar-refractivity contribution < 1.29 is 14.3 Å². The zero-order valence-corrected chi connectivity index (χ0v) is 11.4. The molecule has 0 atom stereocenters. The highest BCUT2D eigenvalue weighted by molar-refractivity contribution is 6.34. The number of anilines is 1. The van der Waals surface area contributed by atoms with Crippen LogP contribution in [0, 0.1) is 0 Å². The van der Waals surface area contributed by atoms with E-state index in [4.69, 9.17) is 32.7 Å². The van der Waals surface area contributed by atoms with Crippen molar-refractivity contribution >= 4 is 34.8 Å². The molecule has 1 aliphatic heterocycles. The molecule has 2 heterocycles. The third kappa shape index (κ3) is 2.48. The van der Waals surface area contributed by atoms with Crippen molar-refractivity contribution in [2.24, 2.45) is 0 Å². The van der Waals surface area contributed by atoms with Gasteiger partial charge in [-0.25, -0.2) is 9.97 Å². The largest absolute Gasteiger partial charge is 0.454 e. The number of benzene rings is 1. The van der Waals surface area contributed by atoms with E-state index in [1.54, 1.807) is 12.1 Å². The minimum atomic E-state index is -0.449. The zero-order valence-electron chi connectivity index (χ0n) is 9.89. The smallest absolute Gasteiger partial charge is 0.275 e. The molecule has 0 radical (unpaired) electrons. The van der Waals surface area contributed by atoms with Crippen molar-refractivity contribution in [3.63, 3.8) is 0 Å². The Balaban J connectivity index is 1.84. The molecule has 0 saturated heterocycles. The van der Waals surface area contributed by atoms with E-state index < -0.39 is 5.91 Å². The minimum absolute atomic E-state index is 0.128. The van der Waals surface area contributed by atoms with Crippen molar-refractivity contribution in [1.82, 2.24) is 9.97 Å². The molecule has 20 heavy (non-hydrogen) atoms. The summed E-state index contributed by atoms with van der Waals surface area (Å²) in [5.41, 5.74) is 0.529. The lowest BCUT2D eigenvalue weighted by Crippen LogP contribution is -2.14. The van der Waals surface area contributed by atoms with Gasteiger partial charge in [0.2, 0.25) is 6.79 Å². The van der Waals surface area contributed by atoms with E-state index in [9.17, 15) is 4.79 Å². The lowest BCUT2D eigenvalue weighted by molar-refractivity contribution is 0.102. The Morgan fingerprint density at radius 3 is 2.60 bits per heavy atom. The molecule has 0 saturated carbocycles. The van der Waals surface area contributed by atoms with Crippen LogP contribution in [-0.4, -0.2) is 22.7 Å². The summed E-state index contributed by atoms with van der Waals surface area (Å²) in [4.78, 5) is 19.6. The van der Waals surface area contributed by atoms with Crippen molar-refractivity contribution in [2.45, 2.75) is 0 Å². The molecule has 1 N–H and O–H groups in total. The van der Waals surface area contributed by atoms with Gasteiger partial charge in [-0.1, -0.05) is 23.2 Å². The fourth-order valence-corrected chi connectivity index (χ4v) is 1.93. The van der Waals surface area contributed by atoms with E-state index in [1.165, 1.54) is 12.4 Å². The molecular weight excluding hydrogens is 305 g/mol. The average molecular weight is 312 g/mol. The van der Waals surface area contributed by atoms with E-state index in [0.717, 1.165) is 0 Å². The van der Waals surface area contributed by atoms with Crippen LogP contribution in [0.15, 0.2) is 24.5 Å². The maximum Gasteiger partial charge on any atom is 0.275 e. The normalized spacial score (nSPS) is 12.3. The van der Waals surface area contributed by atoms with Crippen LogP contribution in [0.1, 0.15) is 10.5 Å². The number of ether oxygens (including phenoxy) is 2. The SMILES string of the molecule is O=C(Nc1cc2c(cc1Cl)OCO2)c1cnc(Cl)cn1. The Hall–Kier alpha value is -2.05. The molecule has 1 aromatic carbocycles. The highest BCUT2D eigenvalue weighted by atomic mass is 35.5. The first-order chi connectivity index (χ1) is 9.63. The summed E-state index contributed by atoms with van der Waals surface area (Å²) in [5, 5.41) is 3.17. The van der Waals surface area contributed by atoms with E-state index >= 15 is 0 Å². The maximum atomic E-state index is 12.0. The third-order valence-electron chi connectivity index (χ3n) is 2.56. The summed E-state index contributed by atoms with van der Waals surface area (Å²) >= 11 is 11.7. The summed E-state index contributed by atoms with van der Waals surface area (Å²) in [5.74, 6) is 0.612. The number of hydrogen-bond acceptors (Lipinski definition) is 5. The number of nitrogens with zero attached hydrogens (tertiary/aromatic N) is 2. The van der Waals surface area contributed by atoms with Crippen molar-refractivity contribution in [3.05, 3.63) is 40.4 Å². The lowest BCUT2D eigenvalue weighted by Gasteiger charge is -2.07. The number of halogens is 2. The van der Waals surface area contributed by atoms with Crippen LogP contribution < -0.4 is 14.8 Å². The molecule has 0 fully saturated rings. The first kappa shape index (κ1) is 13.0. The van der Waals surface area contributed by atoms with Crippen molar-refractivity contribution in [2.75, 3.05) is 12.1 Å². The summed E-state index contributed by atoms with van der Waals surface area (Å²) in [7, 11) is 0. The molecule has 1 aromatic heterocycles. The zero-order chi connectivity index (χ0) is 14.1. The van der Waals surface area contributed by atoms with Crippen LogP contribution in [-0.2, 0) is 0 Å². The lowest BCUT2D eigenvalue weighted by atomic mass is 10.2. The summed E-state index contributed by atoms with van der Waals surface area (Å²) in [6.07, 6.45) is 2.57. The second-order valence-corrected chi connectivity index (χ2v) is 4.66. The molecule has 6 nitrogen and oxygen atoms in total. The molecule has 0 spiro atoms. The van der Waals surface area contributed by atoms with Gasteiger partial charge in [0, 0.05) is 12.1 Å². The van der Waals surface area contributed by atoms with Gasteiger partial charge in [0.25, 0.3) is 5.91 Å². The van der Waals surface area contributed by atoms with Crippen molar-refractivity contribution in [3.8, 4) is 11.5 Å². The van der Waals surface area contributed by atoms with Crippen LogP contribution in [0.5, 0.6) is 11.5 Å². The molecule has 2 aromatic rings. The molecule has 8 heteroatoms. The van der Waals surface area contributed by atoms with E-state index in [0.29, 0.717) is 22.2 Å². The number of nitrogens with one attached hydrogen (secondary N) is 1. The van der Waals surface area contributed by atoms with Crippen LogP contribution in [0.4, 0.5) is 5.69 Å². The highest BCUT2D eigenvalue weighted by Crippen LogP contribution is 2.39. The first-order valence-corrected chi connectivity index (χ1v) is 6.27. The summed E-state index contributed by atoms with van der Waals surface area (Å²) in [6.45, 7) is 0.131. The molecule has 3 rings (SSSR count). The molecule has 0 unspecified atom stereocenters. The average Bonchev–Trinajstić information content (AvgIpc) is 2.87. The minimum Gasteiger partial charge on any atom is -0.454 e. The standard InChI is InChI=1S/C12H7Cl2N3O3/c13-6-1-9-10(20-5-19-9)2-7(6)17-12(18)8-3-16-11(14)4-15-8/h1-4H,5H2,(H,17,18). The molecular formula is C12H7Cl2N3O3. The Morgan fingerprint density at radius 2 is 1.90 bits per heavy atom. The van der Waals surface area contributed by atoms with Gasteiger partial charge in [-0.05, 0) is 0 Å².